The Bertz CT molecular complexity index is 1320. The normalized spacial score (nSPS) is 15.4. The lowest BCUT2D eigenvalue weighted by molar-refractivity contribution is -0.122. The van der Waals surface area contributed by atoms with Crippen LogP contribution in [-0.2, 0) is 9.59 Å². The SMILES string of the molecule is COc1ccc(N2CC(C(=O)Nc3cccc(-c4csc(-c5ccccn5)n4)c3)CC2=O)cc1. The van der Waals surface area contributed by atoms with E-state index in [0.29, 0.717) is 12.2 Å². The number of methoxy groups -OCH3 is 1. The number of hydrogen-bond donors (Lipinski definition) is 1. The summed E-state index contributed by atoms with van der Waals surface area (Å²) in [6.07, 6.45) is 1.92. The molecule has 0 spiro atoms. The standard InChI is InChI=1S/C26H22N4O3S/c1-33-21-10-8-20(9-11-21)30-15-18(14-24(30)31)25(32)28-19-6-4-5-17(13-19)23-16-34-26(29-23)22-7-2-3-12-27-22/h2-13,16,18H,14-15H2,1H3,(H,28,32). The molecule has 1 atom stereocenters. The number of pyridine rings is 1. The smallest absolute Gasteiger partial charge is 0.229 e. The lowest BCUT2D eigenvalue weighted by Crippen LogP contribution is -2.28. The molecule has 2 aromatic heterocycles. The Morgan fingerprint density at radius 1 is 1.09 bits per heavy atom. The molecule has 5 rings (SSSR count). The summed E-state index contributed by atoms with van der Waals surface area (Å²) in [6.45, 7) is 0.343. The largest absolute Gasteiger partial charge is 0.497 e. The first-order valence-electron chi connectivity index (χ1n) is 10.8. The molecule has 34 heavy (non-hydrogen) atoms. The zero-order chi connectivity index (χ0) is 23.5. The summed E-state index contributed by atoms with van der Waals surface area (Å²) >= 11 is 1.53. The first-order chi connectivity index (χ1) is 16.6. The Hall–Kier alpha value is -4.04. The molecule has 3 heterocycles. The molecule has 1 saturated heterocycles. The number of thiazole rings is 1. The summed E-state index contributed by atoms with van der Waals surface area (Å²) in [6, 6.07) is 20.6. The molecule has 1 unspecified atom stereocenters. The summed E-state index contributed by atoms with van der Waals surface area (Å²) in [7, 11) is 1.60. The zero-order valence-electron chi connectivity index (χ0n) is 18.5. The summed E-state index contributed by atoms with van der Waals surface area (Å²) in [5, 5.41) is 5.79. The van der Waals surface area contributed by atoms with E-state index in [-0.39, 0.29) is 18.2 Å². The Labute approximate surface area is 201 Å². The second-order valence-corrected chi connectivity index (χ2v) is 8.78. The average molecular weight is 471 g/mol. The fourth-order valence-electron chi connectivity index (χ4n) is 3.91. The van der Waals surface area contributed by atoms with Crippen molar-refractivity contribution >= 4 is 34.5 Å². The third-order valence-corrected chi connectivity index (χ3v) is 6.56. The fourth-order valence-corrected chi connectivity index (χ4v) is 4.71. The van der Waals surface area contributed by atoms with E-state index in [2.05, 4.69) is 10.3 Å². The van der Waals surface area contributed by atoms with Crippen molar-refractivity contribution < 1.29 is 14.3 Å². The first-order valence-corrected chi connectivity index (χ1v) is 11.7. The van der Waals surface area contributed by atoms with Crippen LogP contribution in [0.2, 0.25) is 0 Å². The van der Waals surface area contributed by atoms with Crippen molar-refractivity contribution in [3.63, 3.8) is 0 Å². The van der Waals surface area contributed by atoms with E-state index in [1.165, 1.54) is 11.3 Å². The number of carbonyl (C=O) groups excluding carboxylic acids is 2. The second kappa shape index (κ2) is 9.44. The molecule has 1 N–H and O–H groups in total. The molecule has 1 fully saturated rings. The van der Waals surface area contributed by atoms with Gasteiger partial charge in [0.25, 0.3) is 0 Å². The van der Waals surface area contributed by atoms with Crippen molar-refractivity contribution in [3.05, 3.63) is 78.3 Å². The summed E-state index contributed by atoms with van der Waals surface area (Å²) in [4.78, 5) is 36.2. The summed E-state index contributed by atoms with van der Waals surface area (Å²) in [5.74, 6) is 0.0580. The van der Waals surface area contributed by atoms with Crippen molar-refractivity contribution in [1.82, 2.24) is 9.97 Å². The molecule has 0 saturated carbocycles. The second-order valence-electron chi connectivity index (χ2n) is 7.93. The van der Waals surface area contributed by atoms with Crippen molar-refractivity contribution in [3.8, 4) is 27.7 Å². The van der Waals surface area contributed by atoms with E-state index in [0.717, 1.165) is 33.4 Å². The zero-order valence-corrected chi connectivity index (χ0v) is 19.3. The van der Waals surface area contributed by atoms with E-state index >= 15 is 0 Å². The number of anilines is 2. The van der Waals surface area contributed by atoms with Crippen LogP contribution in [0.25, 0.3) is 22.0 Å². The Morgan fingerprint density at radius 2 is 1.94 bits per heavy atom. The molecule has 8 heteroatoms. The minimum absolute atomic E-state index is 0.0661. The fraction of sp³-hybridized carbons (Fsp3) is 0.154. The highest BCUT2D eigenvalue weighted by atomic mass is 32.1. The molecule has 2 aromatic carbocycles. The van der Waals surface area contributed by atoms with Gasteiger partial charge in [-0.25, -0.2) is 4.98 Å². The monoisotopic (exact) mass is 470 g/mol. The van der Waals surface area contributed by atoms with Crippen molar-refractivity contribution in [2.45, 2.75) is 6.42 Å². The quantitative estimate of drug-likeness (QED) is 0.435. The van der Waals surface area contributed by atoms with Gasteiger partial charge in [-0.1, -0.05) is 18.2 Å². The van der Waals surface area contributed by atoms with Crippen molar-refractivity contribution in [2.24, 2.45) is 5.92 Å². The molecular formula is C26H22N4O3S. The Kier molecular flexibility index (Phi) is 6.05. The number of aromatic nitrogens is 2. The number of benzene rings is 2. The van der Waals surface area contributed by atoms with Crippen LogP contribution in [0.1, 0.15) is 6.42 Å². The van der Waals surface area contributed by atoms with Gasteiger partial charge in [0.15, 0.2) is 0 Å². The van der Waals surface area contributed by atoms with Gasteiger partial charge >= 0.3 is 0 Å². The van der Waals surface area contributed by atoms with Crippen LogP contribution >= 0.6 is 11.3 Å². The molecule has 0 radical (unpaired) electrons. The van der Waals surface area contributed by atoms with Gasteiger partial charge in [0, 0.05) is 41.5 Å². The van der Waals surface area contributed by atoms with Crippen LogP contribution in [-0.4, -0.2) is 35.4 Å². The van der Waals surface area contributed by atoms with Gasteiger partial charge in [0.1, 0.15) is 10.8 Å². The number of amides is 2. The van der Waals surface area contributed by atoms with E-state index in [1.54, 1.807) is 30.3 Å². The van der Waals surface area contributed by atoms with E-state index < -0.39 is 5.92 Å². The van der Waals surface area contributed by atoms with Gasteiger partial charge < -0.3 is 15.0 Å². The van der Waals surface area contributed by atoms with Crippen LogP contribution in [0.3, 0.4) is 0 Å². The van der Waals surface area contributed by atoms with Gasteiger partial charge in [-0.2, -0.15) is 0 Å². The molecular weight excluding hydrogens is 448 g/mol. The number of nitrogens with one attached hydrogen (secondary N) is 1. The Balaban J connectivity index is 1.27. The third-order valence-electron chi connectivity index (χ3n) is 5.69. The van der Waals surface area contributed by atoms with Gasteiger partial charge in [-0.3, -0.25) is 14.6 Å². The van der Waals surface area contributed by atoms with Crippen LogP contribution in [0.4, 0.5) is 11.4 Å². The number of nitrogens with zero attached hydrogens (tertiary/aromatic N) is 3. The van der Waals surface area contributed by atoms with Gasteiger partial charge in [-0.15, -0.1) is 11.3 Å². The van der Waals surface area contributed by atoms with Crippen LogP contribution in [0.5, 0.6) is 5.75 Å². The third kappa shape index (κ3) is 4.53. The number of hydrogen-bond acceptors (Lipinski definition) is 6. The number of rotatable bonds is 6. The first kappa shape index (κ1) is 21.8. The molecule has 170 valence electrons. The van der Waals surface area contributed by atoms with Gasteiger partial charge in [0.2, 0.25) is 11.8 Å². The lowest BCUT2D eigenvalue weighted by Gasteiger charge is -2.17. The van der Waals surface area contributed by atoms with E-state index in [9.17, 15) is 9.59 Å². The van der Waals surface area contributed by atoms with Gasteiger partial charge in [-0.05, 0) is 48.5 Å². The van der Waals surface area contributed by atoms with Crippen LogP contribution in [0.15, 0.2) is 78.3 Å². The number of ether oxygens (including phenoxy) is 1. The molecule has 1 aliphatic rings. The minimum atomic E-state index is -0.423. The predicted molar refractivity (Wildman–Crippen MR) is 133 cm³/mol. The van der Waals surface area contributed by atoms with Crippen molar-refractivity contribution in [2.75, 3.05) is 23.9 Å². The number of carbonyl (C=O) groups is 2. The summed E-state index contributed by atoms with van der Waals surface area (Å²) < 4.78 is 5.18. The summed E-state index contributed by atoms with van der Waals surface area (Å²) in [5.41, 5.74) is 3.98. The maximum Gasteiger partial charge on any atom is 0.229 e. The predicted octanol–water partition coefficient (Wildman–Crippen LogP) is 4.87. The average Bonchev–Trinajstić information content (AvgIpc) is 3.52. The van der Waals surface area contributed by atoms with E-state index in [4.69, 9.17) is 9.72 Å². The highest BCUT2D eigenvalue weighted by Crippen LogP contribution is 2.30. The maximum atomic E-state index is 12.9. The topological polar surface area (TPSA) is 84.4 Å². The van der Waals surface area contributed by atoms with Gasteiger partial charge in [0.05, 0.1) is 24.4 Å². The minimum Gasteiger partial charge on any atom is -0.497 e. The molecule has 0 aliphatic carbocycles. The Morgan fingerprint density at radius 3 is 2.71 bits per heavy atom. The molecule has 1 aliphatic heterocycles. The van der Waals surface area contributed by atoms with Crippen LogP contribution < -0.4 is 15.0 Å². The molecule has 7 nitrogen and oxygen atoms in total. The highest BCUT2D eigenvalue weighted by molar-refractivity contribution is 7.13. The lowest BCUT2D eigenvalue weighted by atomic mass is 10.1. The maximum absolute atomic E-state index is 12.9. The molecule has 2 amide bonds. The molecule has 0 bridgehead atoms. The van der Waals surface area contributed by atoms with Crippen LogP contribution in [0, 0.1) is 5.92 Å². The van der Waals surface area contributed by atoms with Crippen molar-refractivity contribution in [1.29, 1.82) is 0 Å². The highest BCUT2D eigenvalue weighted by Gasteiger charge is 2.35. The molecule has 4 aromatic rings. The van der Waals surface area contributed by atoms with E-state index in [1.807, 2.05) is 60.0 Å².